The van der Waals surface area contributed by atoms with E-state index in [-0.39, 0.29) is 5.56 Å². The van der Waals surface area contributed by atoms with Gasteiger partial charge in [0.2, 0.25) is 0 Å². The Morgan fingerprint density at radius 3 is 1.43 bits per heavy atom. The van der Waals surface area contributed by atoms with Gasteiger partial charge in [-0.05, 0) is 40.0 Å². The molecule has 0 saturated carbocycles. The number of hydrogen-bond acceptors (Lipinski definition) is 2. The molecule has 7 rings (SSSR count). The van der Waals surface area contributed by atoms with Gasteiger partial charge in [-0.25, -0.2) is 4.39 Å². The molecule has 1 amide bonds. The molecule has 0 fully saturated rings. The van der Waals surface area contributed by atoms with Crippen LogP contribution in [0.4, 0.5) is 10.1 Å². The molecule has 0 spiro atoms. The predicted molar refractivity (Wildman–Crippen MR) is 157 cm³/mol. The molecule has 3 nitrogen and oxygen atoms in total. The zero-order valence-electron chi connectivity index (χ0n) is 21.3. The zero-order chi connectivity index (χ0) is 27.2. The van der Waals surface area contributed by atoms with Crippen molar-refractivity contribution in [2.45, 2.75) is 0 Å². The molecular weight excluding hydrogens is 497 g/mol. The van der Waals surface area contributed by atoms with Gasteiger partial charge >= 0.3 is 5.91 Å². The highest BCUT2D eigenvalue weighted by Gasteiger charge is 2.44. The number of halogens is 1. The van der Waals surface area contributed by atoms with Crippen molar-refractivity contribution in [3.05, 3.63) is 173 Å². The number of amides is 1. The minimum Gasteiger partial charge on any atom is -0.283 e. The van der Waals surface area contributed by atoms with Crippen LogP contribution in [0.2, 0.25) is 0 Å². The minimum absolute atomic E-state index is 0.0728. The Morgan fingerprint density at radius 1 is 0.475 bits per heavy atom. The van der Waals surface area contributed by atoms with Gasteiger partial charge in [0.25, 0.3) is 5.78 Å². The highest BCUT2D eigenvalue weighted by molar-refractivity contribution is 6.56. The fraction of sp³-hybridized carbons (Fsp3) is 0. The zero-order valence-corrected chi connectivity index (χ0v) is 21.3. The van der Waals surface area contributed by atoms with Gasteiger partial charge in [0.15, 0.2) is 0 Å². The lowest BCUT2D eigenvalue weighted by Gasteiger charge is -2.25. The summed E-state index contributed by atoms with van der Waals surface area (Å²) in [5.41, 5.74) is 7.35. The molecule has 0 atom stereocenters. The van der Waals surface area contributed by atoms with Crippen molar-refractivity contribution < 1.29 is 14.0 Å². The van der Waals surface area contributed by atoms with Crippen LogP contribution < -0.4 is 4.90 Å². The van der Waals surface area contributed by atoms with Gasteiger partial charge in [-0.3, -0.25) is 14.5 Å². The van der Waals surface area contributed by atoms with Crippen LogP contribution in [0.5, 0.6) is 0 Å². The van der Waals surface area contributed by atoms with E-state index < -0.39 is 17.5 Å². The van der Waals surface area contributed by atoms with Crippen molar-refractivity contribution in [1.82, 2.24) is 0 Å². The normalized spacial score (nSPS) is 14.5. The fourth-order valence-corrected chi connectivity index (χ4v) is 5.78. The van der Waals surface area contributed by atoms with Gasteiger partial charge < -0.3 is 0 Å². The highest BCUT2D eigenvalue weighted by Crippen LogP contribution is 2.53. The number of carbonyl (C=O) groups excluding carboxylic acids is 2. The Hall–Kier alpha value is -5.35. The number of ketones is 1. The molecule has 5 aromatic carbocycles. The van der Waals surface area contributed by atoms with Crippen molar-refractivity contribution in [1.29, 1.82) is 0 Å². The number of rotatable bonds is 4. The van der Waals surface area contributed by atoms with Crippen molar-refractivity contribution in [2.75, 3.05) is 4.90 Å². The van der Waals surface area contributed by atoms with Crippen LogP contribution >= 0.6 is 0 Å². The summed E-state index contributed by atoms with van der Waals surface area (Å²) >= 11 is 0. The lowest BCUT2D eigenvalue weighted by molar-refractivity contribution is -0.113. The average Bonchev–Trinajstić information content (AvgIpc) is 3.17. The number of nitrogens with zero attached hydrogens (tertiary/aromatic N) is 1. The smallest absolute Gasteiger partial charge is 0.283 e. The second-order valence-electron chi connectivity index (χ2n) is 9.76. The molecule has 5 aromatic rings. The van der Waals surface area contributed by atoms with Gasteiger partial charge in [0, 0.05) is 16.7 Å². The summed E-state index contributed by atoms with van der Waals surface area (Å²) in [5, 5.41) is 0. The van der Waals surface area contributed by atoms with E-state index in [4.69, 9.17) is 0 Å². The molecule has 2 aliphatic heterocycles. The molecule has 4 heteroatoms. The lowest BCUT2D eigenvalue weighted by atomic mass is 9.82. The first kappa shape index (κ1) is 23.7. The largest absolute Gasteiger partial charge is 0.304 e. The standard InChI is InChI=1S/C36H22FNO2/c37-27-21-28-30(23-13-5-1-6-14-23)31(24-15-7-2-8-16-24)32(25-17-9-3-10-18-25)33(26-19-11-4-12-20-26)38-34(28)29(22-27)35(39)36(38)40/h1-22H. The molecule has 0 radical (unpaired) electrons. The van der Waals surface area contributed by atoms with E-state index in [1.165, 1.54) is 17.0 Å². The van der Waals surface area contributed by atoms with E-state index in [9.17, 15) is 9.59 Å². The second-order valence-corrected chi connectivity index (χ2v) is 9.76. The number of anilines is 1. The second kappa shape index (κ2) is 9.44. The molecule has 0 N–H and O–H groups in total. The summed E-state index contributed by atoms with van der Waals surface area (Å²) < 4.78 is 15.3. The van der Waals surface area contributed by atoms with E-state index in [2.05, 4.69) is 0 Å². The first-order valence-electron chi connectivity index (χ1n) is 13.1. The van der Waals surface area contributed by atoms with Crippen molar-refractivity contribution >= 4 is 39.8 Å². The monoisotopic (exact) mass is 519 g/mol. The van der Waals surface area contributed by atoms with E-state index >= 15 is 4.39 Å². The summed E-state index contributed by atoms with van der Waals surface area (Å²) in [7, 11) is 0. The Kier molecular flexibility index (Phi) is 5.60. The third-order valence-electron chi connectivity index (χ3n) is 7.40. The van der Waals surface area contributed by atoms with Gasteiger partial charge in [0.05, 0.1) is 16.9 Å². The number of Topliss-reactive ketones (excluding diaryl/α,β-unsaturated/α-hetero) is 1. The molecule has 0 aliphatic carbocycles. The van der Waals surface area contributed by atoms with Crippen LogP contribution in [-0.4, -0.2) is 11.7 Å². The quantitative estimate of drug-likeness (QED) is 0.226. The number of hydrogen-bond donors (Lipinski definition) is 0. The topological polar surface area (TPSA) is 37.4 Å². The molecule has 0 unspecified atom stereocenters. The first-order valence-corrected chi connectivity index (χ1v) is 13.1. The molecule has 2 aliphatic rings. The van der Waals surface area contributed by atoms with Crippen LogP contribution in [-0.2, 0) is 4.79 Å². The van der Waals surface area contributed by atoms with Crippen LogP contribution in [0.25, 0.3) is 22.4 Å². The molecule has 0 saturated heterocycles. The highest BCUT2D eigenvalue weighted by atomic mass is 19.1. The van der Waals surface area contributed by atoms with Crippen molar-refractivity contribution in [3.8, 4) is 0 Å². The van der Waals surface area contributed by atoms with E-state index in [0.717, 1.165) is 39.0 Å². The lowest BCUT2D eigenvalue weighted by Crippen LogP contribution is -2.29. The molecule has 0 bridgehead atoms. The van der Waals surface area contributed by atoms with Crippen LogP contribution in [0, 0.1) is 5.82 Å². The van der Waals surface area contributed by atoms with Gasteiger partial charge in [-0.1, -0.05) is 121 Å². The average molecular weight is 520 g/mol. The first-order chi connectivity index (χ1) is 19.6. The maximum Gasteiger partial charge on any atom is 0.304 e. The van der Waals surface area contributed by atoms with Gasteiger partial charge in [-0.15, -0.1) is 0 Å². The molecule has 0 aromatic heterocycles. The van der Waals surface area contributed by atoms with Crippen LogP contribution in [0.3, 0.4) is 0 Å². The van der Waals surface area contributed by atoms with Crippen molar-refractivity contribution in [3.63, 3.8) is 0 Å². The van der Waals surface area contributed by atoms with E-state index in [1.807, 2.05) is 121 Å². The molecule has 2 heterocycles. The Labute approximate surface area is 231 Å². The number of allylic oxidation sites excluding steroid dienone is 2. The molecule has 40 heavy (non-hydrogen) atoms. The van der Waals surface area contributed by atoms with Crippen LogP contribution in [0.1, 0.15) is 38.2 Å². The minimum atomic E-state index is -0.716. The van der Waals surface area contributed by atoms with E-state index in [0.29, 0.717) is 16.9 Å². The van der Waals surface area contributed by atoms with E-state index in [1.54, 1.807) is 0 Å². The summed E-state index contributed by atoms with van der Waals surface area (Å²) in [6.45, 7) is 0. The Balaban J connectivity index is 1.78. The molecular formula is C36H22FNO2. The third-order valence-corrected chi connectivity index (χ3v) is 7.40. The fourth-order valence-electron chi connectivity index (χ4n) is 5.78. The van der Waals surface area contributed by atoms with Gasteiger partial charge in [-0.2, -0.15) is 0 Å². The van der Waals surface area contributed by atoms with Gasteiger partial charge in [0.1, 0.15) is 5.82 Å². The SMILES string of the molecule is O=C1C(=O)N2C(c3ccccc3)=C(c3ccccc3)C(c3ccccc3)=C(c3ccccc3)c3cc(F)cc1c32. The Bertz CT molecular complexity index is 1860. The summed E-state index contributed by atoms with van der Waals surface area (Å²) in [4.78, 5) is 28.8. The number of carbonyl (C=O) groups is 2. The molecule has 190 valence electrons. The summed E-state index contributed by atoms with van der Waals surface area (Å²) in [6, 6.07) is 41.8. The maximum atomic E-state index is 15.3. The Morgan fingerprint density at radius 2 is 0.900 bits per heavy atom. The van der Waals surface area contributed by atoms with Crippen molar-refractivity contribution in [2.24, 2.45) is 0 Å². The maximum absolute atomic E-state index is 15.3. The predicted octanol–water partition coefficient (Wildman–Crippen LogP) is 7.90. The van der Waals surface area contributed by atoms with Crippen LogP contribution in [0.15, 0.2) is 133 Å². The third kappa shape index (κ3) is 3.65. The summed E-state index contributed by atoms with van der Waals surface area (Å²) in [5.74, 6) is -1.98. The summed E-state index contributed by atoms with van der Waals surface area (Å²) in [6.07, 6.45) is 0. The number of benzene rings is 5.